The first-order valence-corrected chi connectivity index (χ1v) is 5.31. The van der Waals surface area contributed by atoms with E-state index in [0.29, 0.717) is 11.3 Å². The predicted molar refractivity (Wildman–Crippen MR) is 64.4 cm³/mol. The van der Waals surface area contributed by atoms with Crippen molar-refractivity contribution >= 4 is 5.78 Å². The van der Waals surface area contributed by atoms with Crippen LogP contribution in [-0.4, -0.2) is 10.8 Å². The number of halogens is 1. The first-order chi connectivity index (χ1) is 8.08. The van der Waals surface area contributed by atoms with Crippen LogP contribution in [-0.2, 0) is 0 Å². The topological polar surface area (TPSA) is 30.0 Å². The minimum absolute atomic E-state index is 0.0631. The molecule has 0 bridgehead atoms. The molecule has 0 radical (unpaired) electrons. The second-order valence-electron chi connectivity index (χ2n) is 3.95. The van der Waals surface area contributed by atoms with Crippen molar-refractivity contribution in [2.45, 2.75) is 13.8 Å². The lowest BCUT2D eigenvalue weighted by molar-refractivity contribution is 0.101. The maximum atomic E-state index is 13.1. The second kappa shape index (κ2) is 4.45. The highest BCUT2D eigenvalue weighted by molar-refractivity contribution is 5.92. The summed E-state index contributed by atoms with van der Waals surface area (Å²) in [4.78, 5) is 15.1. The van der Waals surface area contributed by atoms with Crippen LogP contribution in [0, 0.1) is 12.7 Å². The number of hydrogen-bond donors (Lipinski definition) is 0. The van der Waals surface area contributed by atoms with Gasteiger partial charge in [0.1, 0.15) is 11.5 Å². The highest BCUT2D eigenvalue weighted by atomic mass is 19.1. The molecule has 1 aromatic heterocycles. The molecule has 0 unspecified atom stereocenters. The van der Waals surface area contributed by atoms with Crippen molar-refractivity contribution in [3.05, 3.63) is 53.6 Å². The van der Waals surface area contributed by atoms with Gasteiger partial charge in [0.25, 0.3) is 0 Å². The Kier molecular flexibility index (Phi) is 3.00. The van der Waals surface area contributed by atoms with Gasteiger partial charge in [0.2, 0.25) is 0 Å². The van der Waals surface area contributed by atoms with Gasteiger partial charge in [-0.1, -0.05) is 12.1 Å². The van der Waals surface area contributed by atoms with E-state index >= 15 is 0 Å². The number of aryl methyl sites for hydroxylation is 1. The van der Waals surface area contributed by atoms with E-state index in [9.17, 15) is 9.18 Å². The smallest absolute Gasteiger partial charge is 0.178 e. The summed E-state index contributed by atoms with van der Waals surface area (Å²) in [5, 5.41) is 0. The van der Waals surface area contributed by atoms with Crippen molar-refractivity contribution in [1.29, 1.82) is 0 Å². The van der Waals surface area contributed by atoms with E-state index in [4.69, 9.17) is 0 Å². The van der Waals surface area contributed by atoms with Crippen molar-refractivity contribution in [3.63, 3.8) is 0 Å². The maximum Gasteiger partial charge on any atom is 0.178 e. The fourth-order valence-corrected chi connectivity index (χ4v) is 1.60. The van der Waals surface area contributed by atoms with Gasteiger partial charge in [-0.25, -0.2) is 4.39 Å². The first kappa shape index (κ1) is 11.5. The summed E-state index contributed by atoms with van der Waals surface area (Å²) in [5.41, 5.74) is 2.80. The number of carbonyl (C=O) groups is 1. The van der Waals surface area contributed by atoms with Crippen LogP contribution in [0.5, 0.6) is 0 Å². The fourth-order valence-electron chi connectivity index (χ4n) is 1.60. The van der Waals surface area contributed by atoms with Crippen LogP contribution in [0.3, 0.4) is 0 Å². The van der Waals surface area contributed by atoms with E-state index in [-0.39, 0.29) is 11.6 Å². The van der Waals surface area contributed by atoms with Crippen molar-refractivity contribution < 1.29 is 9.18 Å². The van der Waals surface area contributed by atoms with Gasteiger partial charge in [-0.05, 0) is 36.2 Å². The SMILES string of the molecule is CC(=O)c1ccc(-c2ccc(F)c(C)c2)cn1. The molecule has 1 heterocycles. The third kappa shape index (κ3) is 2.38. The number of benzene rings is 1. The molecule has 17 heavy (non-hydrogen) atoms. The maximum absolute atomic E-state index is 13.1. The van der Waals surface area contributed by atoms with Gasteiger partial charge in [0.05, 0.1) is 0 Å². The van der Waals surface area contributed by atoms with Crippen LogP contribution >= 0.6 is 0 Å². The van der Waals surface area contributed by atoms with Crippen LogP contribution < -0.4 is 0 Å². The summed E-state index contributed by atoms with van der Waals surface area (Å²) in [7, 11) is 0. The normalized spacial score (nSPS) is 10.3. The molecule has 0 saturated heterocycles. The van der Waals surface area contributed by atoms with Crippen molar-refractivity contribution in [2.24, 2.45) is 0 Å². The standard InChI is InChI=1S/C14H12FNO/c1-9-7-11(3-5-13(9)15)12-4-6-14(10(2)17)16-8-12/h3-8H,1-2H3. The molecule has 0 aliphatic heterocycles. The molecule has 0 saturated carbocycles. The number of carbonyl (C=O) groups excluding carboxylic acids is 1. The number of hydrogen-bond acceptors (Lipinski definition) is 2. The highest BCUT2D eigenvalue weighted by Crippen LogP contribution is 2.21. The minimum atomic E-state index is -0.220. The molecule has 0 atom stereocenters. The Hall–Kier alpha value is -2.03. The summed E-state index contributed by atoms with van der Waals surface area (Å²) < 4.78 is 13.1. The highest BCUT2D eigenvalue weighted by Gasteiger charge is 2.04. The molecular weight excluding hydrogens is 217 g/mol. The molecule has 0 aliphatic rings. The summed E-state index contributed by atoms with van der Waals surface area (Å²) in [6.45, 7) is 3.19. The third-order valence-corrected chi connectivity index (χ3v) is 2.62. The van der Waals surface area contributed by atoms with E-state index in [2.05, 4.69) is 4.98 Å². The number of rotatable bonds is 2. The molecule has 1 aromatic carbocycles. The average molecular weight is 229 g/mol. The van der Waals surface area contributed by atoms with Crippen LogP contribution in [0.2, 0.25) is 0 Å². The largest absolute Gasteiger partial charge is 0.293 e. The van der Waals surface area contributed by atoms with Gasteiger partial charge in [0.15, 0.2) is 5.78 Å². The summed E-state index contributed by atoms with van der Waals surface area (Å²) in [5.74, 6) is -0.283. The number of Topliss-reactive ketones (excluding diaryl/α,β-unsaturated/α-hetero) is 1. The van der Waals surface area contributed by atoms with Crippen LogP contribution in [0.25, 0.3) is 11.1 Å². The summed E-state index contributed by atoms with van der Waals surface area (Å²) in [6.07, 6.45) is 1.63. The van der Waals surface area contributed by atoms with Gasteiger partial charge in [0, 0.05) is 18.7 Å². The van der Waals surface area contributed by atoms with Gasteiger partial charge in [-0.2, -0.15) is 0 Å². The van der Waals surface area contributed by atoms with Crippen molar-refractivity contribution in [1.82, 2.24) is 4.98 Å². The Balaban J connectivity index is 2.39. The van der Waals surface area contributed by atoms with Gasteiger partial charge < -0.3 is 0 Å². The zero-order chi connectivity index (χ0) is 12.4. The Morgan fingerprint density at radius 2 is 1.88 bits per heavy atom. The Morgan fingerprint density at radius 1 is 1.18 bits per heavy atom. The zero-order valence-electron chi connectivity index (χ0n) is 9.70. The van der Waals surface area contributed by atoms with Gasteiger partial charge in [-0.3, -0.25) is 9.78 Å². The Morgan fingerprint density at radius 3 is 2.41 bits per heavy atom. The zero-order valence-corrected chi connectivity index (χ0v) is 9.70. The predicted octanol–water partition coefficient (Wildman–Crippen LogP) is 3.40. The van der Waals surface area contributed by atoms with Gasteiger partial charge in [-0.15, -0.1) is 0 Å². The molecule has 0 aliphatic carbocycles. The molecule has 0 fully saturated rings. The molecule has 2 rings (SSSR count). The lowest BCUT2D eigenvalue weighted by Crippen LogP contribution is -1.95. The Bertz CT molecular complexity index is 561. The molecule has 2 aromatic rings. The van der Waals surface area contributed by atoms with E-state index in [1.165, 1.54) is 13.0 Å². The fraction of sp³-hybridized carbons (Fsp3) is 0.143. The second-order valence-corrected chi connectivity index (χ2v) is 3.95. The average Bonchev–Trinajstić information content (AvgIpc) is 2.33. The van der Waals surface area contributed by atoms with Crippen LogP contribution in [0.15, 0.2) is 36.5 Å². The van der Waals surface area contributed by atoms with E-state index in [1.54, 1.807) is 31.3 Å². The molecule has 0 N–H and O–H groups in total. The molecule has 3 heteroatoms. The minimum Gasteiger partial charge on any atom is -0.293 e. The molecule has 0 amide bonds. The van der Waals surface area contributed by atoms with E-state index in [0.717, 1.165) is 11.1 Å². The third-order valence-electron chi connectivity index (χ3n) is 2.62. The van der Waals surface area contributed by atoms with Crippen LogP contribution in [0.1, 0.15) is 23.0 Å². The van der Waals surface area contributed by atoms with E-state index < -0.39 is 0 Å². The van der Waals surface area contributed by atoms with Crippen molar-refractivity contribution in [3.8, 4) is 11.1 Å². The van der Waals surface area contributed by atoms with Crippen LogP contribution in [0.4, 0.5) is 4.39 Å². The number of aromatic nitrogens is 1. The Labute approximate surface area is 99.1 Å². The molecule has 2 nitrogen and oxygen atoms in total. The number of nitrogens with zero attached hydrogens (tertiary/aromatic N) is 1. The summed E-state index contributed by atoms with van der Waals surface area (Å²) >= 11 is 0. The monoisotopic (exact) mass is 229 g/mol. The number of pyridine rings is 1. The number of ketones is 1. The molecule has 0 spiro atoms. The summed E-state index contributed by atoms with van der Waals surface area (Å²) in [6, 6.07) is 8.39. The lowest BCUT2D eigenvalue weighted by atomic mass is 10.0. The quantitative estimate of drug-likeness (QED) is 0.739. The van der Waals surface area contributed by atoms with E-state index in [1.807, 2.05) is 6.07 Å². The van der Waals surface area contributed by atoms with Gasteiger partial charge >= 0.3 is 0 Å². The first-order valence-electron chi connectivity index (χ1n) is 5.31. The molecule has 86 valence electrons. The lowest BCUT2D eigenvalue weighted by Gasteiger charge is -2.04. The molecular formula is C14H12FNO. The van der Waals surface area contributed by atoms with Crippen molar-refractivity contribution in [2.75, 3.05) is 0 Å².